The van der Waals surface area contributed by atoms with Crippen LogP contribution in [0, 0.1) is 6.92 Å². The molecule has 0 spiro atoms. The van der Waals surface area contributed by atoms with Gasteiger partial charge in [0, 0.05) is 24.7 Å². The van der Waals surface area contributed by atoms with Gasteiger partial charge in [0.15, 0.2) is 0 Å². The third-order valence-corrected chi connectivity index (χ3v) is 3.26. The highest BCUT2D eigenvalue weighted by atomic mass is 16.3. The van der Waals surface area contributed by atoms with Crippen molar-refractivity contribution in [2.24, 2.45) is 0 Å². The van der Waals surface area contributed by atoms with Gasteiger partial charge in [0.1, 0.15) is 11.6 Å². The van der Waals surface area contributed by atoms with Crippen LogP contribution in [-0.4, -0.2) is 23.1 Å². The summed E-state index contributed by atoms with van der Waals surface area (Å²) < 4.78 is 5.31. The molecule has 1 aliphatic rings. The highest BCUT2D eigenvalue weighted by molar-refractivity contribution is 5.65. The maximum absolute atomic E-state index is 5.87. The number of furan rings is 1. The maximum atomic E-state index is 5.87. The van der Waals surface area contributed by atoms with Crippen LogP contribution < -0.4 is 10.6 Å². The van der Waals surface area contributed by atoms with Gasteiger partial charge in [0.25, 0.3) is 0 Å². The van der Waals surface area contributed by atoms with E-state index in [2.05, 4.69) is 14.9 Å². The molecule has 2 N–H and O–H groups in total. The normalized spacial score (nSPS) is 15.3. The lowest BCUT2D eigenvalue weighted by Gasteiger charge is -2.16. The van der Waals surface area contributed by atoms with E-state index in [-0.39, 0.29) is 0 Å². The lowest BCUT2D eigenvalue weighted by Crippen LogP contribution is -2.21. The quantitative estimate of drug-likeness (QED) is 0.877. The number of nitrogens with zero attached hydrogens (tertiary/aromatic N) is 3. The van der Waals surface area contributed by atoms with Crippen LogP contribution in [0.3, 0.4) is 0 Å². The molecule has 0 atom stereocenters. The second kappa shape index (κ2) is 4.33. The van der Waals surface area contributed by atoms with E-state index in [0.29, 0.717) is 5.82 Å². The molecule has 0 radical (unpaired) electrons. The molecule has 5 heteroatoms. The number of rotatable bonds is 2. The largest absolute Gasteiger partial charge is 0.469 e. The van der Waals surface area contributed by atoms with Crippen molar-refractivity contribution < 1.29 is 4.42 Å². The van der Waals surface area contributed by atoms with E-state index in [9.17, 15) is 0 Å². The van der Waals surface area contributed by atoms with Gasteiger partial charge < -0.3 is 15.1 Å². The molecule has 18 heavy (non-hydrogen) atoms. The van der Waals surface area contributed by atoms with Crippen LogP contribution in [0.1, 0.15) is 18.6 Å². The Bertz CT molecular complexity index is 558. The monoisotopic (exact) mass is 244 g/mol. The number of hydrogen-bond donors (Lipinski definition) is 1. The van der Waals surface area contributed by atoms with E-state index < -0.39 is 0 Å². The number of nitrogen functional groups attached to an aromatic ring is 1. The van der Waals surface area contributed by atoms with Crippen molar-refractivity contribution in [3.8, 4) is 11.3 Å². The van der Waals surface area contributed by atoms with Crippen molar-refractivity contribution in [1.29, 1.82) is 0 Å². The fourth-order valence-electron chi connectivity index (χ4n) is 2.30. The SMILES string of the molecule is Cc1occc1-c1cc(N)nc(N2CCCC2)n1. The Morgan fingerprint density at radius 3 is 2.72 bits per heavy atom. The summed E-state index contributed by atoms with van der Waals surface area (Å²) in [6, 6.07) is 3.70. The van der Waals surface area contributed by atoms with Crippen LogP contribution in [0.25, 0.3) is 11.3 Å². The number of nitrogens with two attached hydrogens (primary N) is 1. The molecule has 3 rings (SSSR count). The van der Waals surface area contributed by atoms with E-state index in [4.69, 9.17) is 10.2 Å². The van der Waals surface area contributed by atoms with Crippen molar-refractivity contribution in [3.63, 3.8) is 0 Å². The Hall–Kier alpha value is -2.04. The molecule has 1 fully saturated rings. The van der Waals surface area contributed by atoms with Crippen LogP contribution in [-0.2, 0) is 0 Å². The second-order valence-electron chi connectivity index (χ2n) is 4.56. The molecular weight excluding hydrogens is 228 g/mol. The van der Waals surface area contributed by atoms with Gasteiger partial charge in [-0.15, -0.1) is 0 Å². The van der Waals surface area contributed by atoms with Gasteiger partial charge in [0.2, 0.25) is 5.95 Å². The van der Waals surface area contributed by atoms with Crippen LogP contribution in [0.15, 0.2) is 22.8 Å². The molecule has 0 aliphatic carbocycles. The third-order valence-electron chi connectivity index (χ3n) is 3.26. The minimum atomic E-state index is 0.502. The van der Waals surface area contributed by atoms with Gasteiger partial charge in [-0.2, -0.15) is 4.98 Å². The predicted octanol–water partition coefficient (Wildman–Crippen LogP) is 2.23. The maximum Gasteiger partial charge on any atom is 0.227 e. The summed E-state index contributed by atoms with van der Waals surface area (Å²) in [7, 11) is 0. The second-order valence-corrected chi connectivity index (χ2v) is 4.56. The topological polar surface area (TPSA) is 68.2 Å². The predicted molar refractivity (Wildman–Crippen MR) is 70.3 cm³/mol. The summed E-state index contributed by atoms with van der Waals surface area (Å²) >= 11 is 0. The van der Waals surface area contributed by atoms with Gasteiger partial charge in [-0.25, -0.2) is 4.98 Å². The average Bonchev–Trinajstić information content (AvgIpc) is 2.98. The summed E-state index contributed by atoms with van der Waals surface area (Å²) in [5.41, 5.74) is 7.68. The molecule has 5 nitrogen and oxygen atoms in total. The molecule has 1 saturated heterocycles. The zero-order valence-electron chi connectivity index (χ0n) is 10.4. The van der Waals surface area contributed by atoms with Crippen molar-refractivity contribution in [2.75, 3.05) is 23.7 Å². The first-order chi connectivity index (χ1) is 8.74. The minimum Gasteiger partial charge on any atom is -0.469 e. The molecule has 0 unspecified atom stereocenters. The van der Waals surface area contributed by atoms with Crippen molar-refractivity contribution in [1.82, 2.24) is 9.97 Å². The van der Waals surface area contributed by atoms with Gasteiger partial charge in [0.05, 0.1) is 12.0 Å². The van der Waals surface area contributed by atoms with E-state index in [1.54, 1.807) is 12.3 Å². The van der Waals surface area contributed by atoms with E-state index in [0.717, 1.165) is 36.1 Å². The molecule has 0 amide bonds. The molecule has 94 valence electrons. The van der Waals surface area contributed by atoms with Crippen LogP contribution >= 0.6 is 0 Å². The zero-order valence-corrected chi connectivity index (χ0v) is 10.4. The van der Waals surface area contributed by atoms with E-state index in [1.165, 1.54) is 12.8 Å². The van der Waals surface area contributed by atoms with Crippen LogP contribution in [0.5, 0.6) is 0 Å². The molecule has 0 bridgehead atoms. The fraction of sp³-hybridized carbons (Fsp3) is 0.385. The lowest BCUT2D eigenvalue weighted by atomic mass is 10.2. The average molecular weight is 244 g/mol. The van der Waals surface area contributed by atoms with Gasteiger partial charge in [-0.05, 0) is 25.8 Å². The van der Waals surface area contributed by atoms with Crippen LogP contribution in [0.2, 0.25) is 0 Å². The Morgan fingerprint density at radius 1 is 1.28 bits per heavy atom. The number of anilines is 2. The Labute approximate surface area is 106 Å². The molecule has 1 aliphatic heterocycles. The summed E-state index contributed by atoms with van der Waals surface area (Å²) in [5.74, 6) is 2.08. The van der Waals surface area contributed by atoms with Crippen molar-refractivity contribution in [3.05, 3.63) is 24.2 Å². The fourth-order valence-corrected chi connectivity index (χ4v) is 2.30. The van der Waals surface area contributed by atoms with E-state index >= 15 is 0 Å². The molecule has 2 aromatic heterocycles. The first kappa shape index (κ1) is 11.1. The van der Waals surface area contributed by atoms with Crippen LogP contribution in [0.4, 0.5) is 11.8 Å². The Kier molecular flexibility index (Phi) is 2.66. The summed E-state index contributed by atoms with van der Waals surface area (Å²) in [6.07, 6.45) is 4.05. The lowest BCUT2D eigenvalue weighted by molar-refractivity contribution is 0.535. The molecule has 0 saturated carbocycles. The molecule has 0 aromatic carbocycles. The Morgan fingerprint density at radius 2 is 2.06 bits per heavy atom. The highest BCUT2D eigenvalue weighted by Gasteiger charge is 2.17. The zero-order chi connectivity index (χ0) is 12.5. The summed E-state index contributed by atoms with van der Waals surface area (Å²) in [5, 5.41) is 0. The van der Waals surface area contributed by atoms with Gasteiger partial charge in [-0.3, -0.25) is 0 Å². The van der Waals surface area contributed by atoms with Crippen molar-refractivity contribution in [2.45, 2.75) is 19.8 Å². The number of hydrogen-bond acceptors (Lipinski definition) is 5. The number of aryl methyl sites for hydroxylation is 1. The molecule has 2 aromatic rings. The third kappa shape index (κ3) is 1.92. The Balaban J connectivity index is 2.03. The number of aromatic nitrogens is 2. The highest BCUT2D eigenvalue weighted by Crippen LogP contribution is 2.26. The summed E-state index contributed by atoms with van der Waals surface area (Å²) in [4.78, 5) is 11.1. The molecular formula is C13H16N4O. The van der Waals surface area contributed by atoms with E-state index in [1.807, 2.05) is 13.0 Å². The first-order valence-electron chi connectivity index (χ1n) is 6.18. The molecule has 3 heterocycles. The smallest absolute Gasteiger partial charge is 0.227 e. The standard InChI is InChI=1S/C13H16N4O/c1-9-10(4-7-18-9)11-8-12(14)16-13(15-11)17-5-2-3-6-17/h4,7-8H,2-3,5-6H2,1H3,(H2,14,15,16). The summed E-state index contributed by atoms with van der Waals surface area (Å²) in [6.45, 7) is 3.93. The van der Waals surface area contributed by atoms with Gasteiger partial charge in [-0.1, -0.05) is 0 Å². The first-order valence-corrected chi connectivity index (χ1v) is 6.18. The minimum absolute atomic E-state index is 0.502. The van der Waals surface area contributed by atoms with Gasteiger partial charge >= 0.3 is 0 Å². The van der Waals surface area contributed by atoms with Crippen molar-refractivity contribution >= 4 is 11.8 Å².